The average Bonchev–Trinajstić information content (AvgIpc) is 3.13. The molecule has 0 saturated heterocycles. The molecule has 0 radical (unpaired) electrons. The third-order valence-corrected chi connectivity index (χ3v) is 10.4. The lowest BCUT2D eigenvalue weighted by molar-refractivity contribution is -0.121. The molecule has 0 spiro atoms. The molecule has 0 aliphatic carbocycles. The van der Waals surface area contributed by atoms with Crippen molar-refractivity contribution in [1.29, 1.82) is 0 Å². The van der Waals surface area contributed by atoms with Crippen LogP contribution in [0, 0.1) is 0 Å². The molecule has 300 valence electrons. The van der Waals surface area contributed by atoms with Gasteiger partial charge in [0.25, 0.3) is 0 Å². The summed E-state index contributed by atoms with van der Waals surface area (Å²) in [7, 11) is 0. The maximum absolute atomic E-state index is 12.2. The van der Waals surface area contributed by atoms with Crippen LogP contribution in [0.1, 0.15) is 251 Å². The third-order valence-electron chi connectivity index (χ3n) is 10.4. The molecular weight excluding hydrogens is 627 g/mol. The van der Waals surface area contributed by atoms with Crippen molar-refractivity contribution in [2.75, 3.05) is 6.54 Å². The van der Waals surface area contributed by atoms with E-state index in [0.29, 0.717) is 18.7 Å². The molecule has 0 aromatic carbocycles. The highest BCUT2D eigenvalue weighted by Gasteiger charge is 2.07. The van der Waals surface area contributed by atoms with E-state index in [9.17, 15) is 14.7 Å². The fourth-order valence-electron chi connectivity index (χ4n) is 6.92. The topological polar surface area (TPSA) is 66.4 Å². The van der Waals surface area contributed by atoms with Gasteiger partial charge in [0.15, 0.2) is 0 Å². The summed E-state index contributed by atoms with van der Waals surface area (Å²) in [4.78, 5) is 24.4. The number of aliphatic hydroxyl groups excluding tert-OH is 1. The summed E-state index contributed by atoms with van der Waals surface area (Å²) in [5.74, 6) is 0.542. The predicted octanol–water partition coefficient (Wildman–Crippen LogP) is 14.6. The van der Waals surface area contributed by atoms with Gasteiger partial charge in [-0.2, -0.15) is 0 Å². The van der Waals surface area contributed by atoms with Gasteiger partial charge < -0.3 is 10.4 Å². The molecule has 0 aliphatic heterocycles. The Kier molecular flexibility index (Phi) is 41.8. The van der Waals surface area contributed by atoms with E-state index in [-0.39, 0.29) is 5.91 Å². The molecule has 0 aliphatic rings. The zero-order chi connectivity index (χ0) is 37.1. The van der Waals surface area contributed by atoms with Crippen molar-refractivity contribution in [3.63, 3.8) is 0 Å². The molecular formula is C47H89NO3. The number of carbonyl (C=O) groups excluding carboxylic acids is 2. The minimum atomic E-state index is -0.410. The first-order valence-corrected chi connectivity index (χ1v) is 22.9. The quantitative estimate of drug-likeness (QED) is 0.0488. The number of amides is 1. The molecule has 0 heterocycles. The van der Waals surface area contributed by atoms with Gasteiger partial charge in [-0.1, -0.05) is 199 Å². The van der Waals surface area contributed by atoms with Crippen molar-refractivity contribution in [3.05, 3.63) is 24.3 Å². The summed E-state index contributed by atoms with van der Waals surface area (Å²) in [6.07, 6.45) is 53.2. The number of hydrogen-bond acceptors (Lipinski definition) is 3. The van der Waals surface area contributed by atoms with Crippen LogP contribution in [0.25, 0.3) is 0 Å². The van der Waals surface area contributed by atoms with Crippen molar-refractivity contribution in [2.24, 2.45) is 0 Å². The summed E-state index contributed by atoms with van der Waals surface area (Å²) in [6, 6.07) is 0. The van der Waals surface area contributed by atoms with Crippen LogP contribution in [-0.2, 0) is 9.59 Å². The van der Waals surface area contributed by atoms with Gasteiger partial charge in [-0.15, -0.1) is 0 Å². The smallest absolute Gasteiger partial charge is 0.220 e. The monoisotopic (exact) mass is 716 g/mol. The lowest BCUT2D eigenvalue weighted by atomic mass is 10.0. The number of unbranched alkanes of at least 4 members (excludes halogenated alkanes) is 28. The molecule has 0 aromatic heterocycles. The molecule has 1 amide bonds. The highest BCUT2D eigenvalue weighted by Crippen LogP contribution is 2.15. The standard InChI is InChI=1S/C47H89NO3/c1-3-5-7-9-11-13-15-17-19-21-22-24-28-32-36-40-45(49)41-37-33-29-26-27-31-35-39-43-47(51)48-44-46(50)42-38-34-30-25-23-20-18-16-14-12-10-8-6-4-2/h11,13,17,19,46,50H,3-10,12,14-16,18,20-44H2,1-2H3,(H,48,51)/b13-11-,19-17-/t46-/m0/s1. The van der Waals surface area contributed by atoms with E-state index >= 15 is 0 Å². The van der Waals surface area contributed by atoms with Crippen molar-refractivity contribution >= 4 is 11.7 Å². The summed E-state index contributed by atoms with van der Waals surface area (Å²) in [5, 5.41) is 13.2. The van der Waals surface area contributed by atoms with E-state index in [1.165, 1.54) is 167 Å². The second kappa shape index (κ2) is 43.0. The summed E-state index contributed by atoms with van der Waals surface area (Å²) < 4.78 is 0. The Hall–Kier alpha value is -1.42. The Morgan fingerprint density at radius 3 is 1.27 bits per heavy atom. The zero-order valence-electron chi connectivity index (χ0n) is 34.5. The Morgan fingerprint density at radius 2 is 0.804 bits per heavy atom. The molecule has 0 fully saturated rings. The van der Waals surface area contributed by atoms with Crippen molar-refractivity contribution in [3.8, 4) is 0 Å². The second-order valence-corrected chi connectivity index (χ2v) is 15.7. The number of ketones is 1. The fourth-order valence-corrected chi connectivity index (χ4v) is 6.92. The van der Waals surface area contributed by atoms with E-state index in [4.69, 9.17) is 0 Å². The number of carbonyl (C=O) groups is 2. The number of rotatable bonds is 42. The number of aliphatic hydroxyl groups is 1. The van der Waals surface area contributed by atoms with Gasteiger partial charge in [-0.3, -0.25) is 9.59 Å². The highest BCUT2D eigenvalue weighted by molar-refractivity contribution is 5.78. The Morgan fingerprint density at radius 1 is 0.451 bits per heavy atom. The van der Waals surface area contributed by atoms with Crippen LogP contribution in [-0.4, -0.2) is 29.4 Å². The van der Waals surface area contributed by atoms with E-state index in [0.717, 1.165) is 64.2 Å². The van der Waals surface area contributed by atoms with Crippen LogP contribution < -0.4 is 5.32 Å². The first kappa shape index (κ1) is 49.6. The maximum Gasteiger partial charge on any atom is 0.220 e. The third kappa shape index (κ3) is 42.9. The predicted molar refractivity (Wildman–Crippen MR) is 224 cm³/mol. The Bertz CT molecular complexity index is 775. The molecule has 2 N–H and O–H groups in total. The van der Waals surface area contributed by atoms with Crippen LogP contribution in [0.4, 0.5) is 0 Å². The van der Waals surface area contributed by atoms with Gasteiger partial charge in [0.2, 0.25) is 5.91 Å². The summed E-state index contributed by atoms with van der Waals surface area (Å²) >= 11 is 0. The second-order valence-electron chi connectivity index (χ2n) is 15.7. The summed E-state index contributed by atoms with van der Waals surface area (Å²) in [5.41, 5.74) is 0. The van der Waals surface area contributed by atoms with Crippen molar-refractivity contribution in [2.45, 2.75) is 258 Å². The minimum Gasteiger partial charge on any atom is -0.391 e. The number of allylic oxidation sites excluding steroid dienone is 4. The summed E-state index contributed by atoms with van der Waals surface area (Å²) in [6.45, 7) is 4.93. The van der Waals surface area contributed by atoms with Crippen molar-refractivity contribution < 1.29 is 14.7 Å². The molecule has 0 rings (SSSR count). The highest BCUT2D eigenvalue weighted by atomic mass is 16.3. The van der Waals surface area contributed by atoms with Crippen LogP contribution in [0.15, 0.2) is 24.3 Å². The van der Waals surface area contributed by atoms with Gasteiger partial charge in [0.1, 0.15) is 5.78 Å². The van der Waals surface area contributed by atoms with E-state index in [2.05, 4.69) is 43.5 Å². The van der Waals surface area contributed by atoms with Gasteiger partial charge in [0, 0.05) is 25.8 Å². The zero-order valence-corrected chi connectivity index (χ0v) is 34.5. The normalized spacial score (nSPS) is 12.4. The first-order valence-electron chi connectivity index (χ1n) is 22.9. The van der Waals surface area contributed by atoms with Crippen LogP contribution >= 0.6 is 0 Å². The SMILES string of the molecule is CCCCC/C=C\C/C=C\CCCCCCCC(=O)CCCCCCCCCCC(=O)NC[C@@H](O)CCCCCCCCCCCCCCCC. The van der Waals surface area contributed by atoms with Crippen molar-refractivity contribution in [1.82, 2.24) is 5.32 Å². The van der Waals surface area contributed by atoms with E-state index in [1.54, 1.807) is 0 Å². The number of Topliss-reactive ketones (excluding diaryl/α,β-unsaturated/α-hetero) is 1. The van der Waals surface area contributed by atoms with Gasteiger partial charge in [-0.05, 0) is 57.8 Å². The largest absolute Gasteiger partial charge is 0.391 e. The molecule has 4 heteroatoms. The van der Waals surface area contributed by atoms with Gasteiger partial charge in [0.05, 0.1) is 6.10 Å². The lowest BCUT2D eigenvalue weighted by Gasteiger charge is -2.12. The Balaban J connectivity index is 3.36. The minimum absolute atomic E-state index is 0.0829. The molecule has 0 unspecified atom stereocenters. The fraction of sp³-hybridized carbons (Fsp3) is 0.872. The van der Waals surface area contributed by atoms with E-state index < -0.39 is 6.10 Å². The van der Waals surface area contributed by atoms with Crippen LogP contribution in [0.3, 0.4) is 0 Å². The lowest BCUT2D eigenvalue weighted by Crippen LogP contribution is -2.31. The van der Waals surface area contributed by atoms with Crippen LogP contribution in [0.2, 0.25) is 0 Å². The molecule has 0 aromatic rings. The Labute approximate surface area is 319 Å². The average molecular weight is 716 g/mol. The maximum atomic E-state index is 12.2. The molecule has 0 saturated carbocycles. The molecule has 4 nitrogen and oxygen atoms in total. The van der Waals surface area contributed by atoms with E-state index in [1.807, 2.05) is 0 Å². The molecule has 51 heavy (non-hydrogen) atoms. The van der Waals surface area contributed by atoms with Crippen LogP contribution in [0.5, 0.6) is 0 Å². The molecule has 0 bridgehead atoms. The van der Waals surface area contributed by atoms with Gasteiger partial charge >= 0.3 is 0 Å². The number of hydrogen-bond donors (Lipinski definition) is 2. The van der Waals surface area contributed by atoms with Gasteiger partial charge in [-0.25, -0.2) is 0 Å². The first-order chi connectivity index (χ1) is 25.1. The number of nitrogens with one attached hydrogen (secondary N) is 1. The molecule has 1 atom stereocenters.